The number of hydrogen-bond donors (Lipinski definition) is 3. The molecule has 4 N–H and O–H groups in total. The molecule has 0 saturated carbocycles. The predicted molar refractivity (Wildman–Crippen MR) is 114 cm³/mol. The topological polar surface area (TPSA) is 131 Å². The van der Waals surface area contributed by atoms with E-state index in [1.165, 1.54) is 12.1 Å². The third kappa shape index (κ3) is 5.91. The highest BCUT2D eigenvalue weighted by Gasteiger charge is 2.33. The molecular weight excluding hydrogens is 410 g/mol. The van der Waals surface area contributed by atoms with Gasteiger partial charge in [-0.1, -0.05) is 42.5 Å². The average molecular weight is 434 g/mol. The normalized spacial score (nSPS) is 17.7. The summed E-state index contributed by atoms with van der Waals surface area (Å²) in [5.74, 6) is -0.111. The lowest BCUT2D eigenvalue weighted by molar-refractivity contribution is -0.384. The van der Waals surface area contributed by atoms with E-state index in [2.05, 4.69) is 10.6 Å². The number of rotatable bonds is 6. The summed E-state index contributed by atoms with van der Waals surface area (Å²) in [5, 5.41) is 15.8. The summed E-state index contributed by atoms with van der Waals surface area (Å²) in [7, 11) is 0. The Bertz CT molecular complexity index is 879. The zero-order valence-electron chi connectivity index (χ0n) is 16.2. The quantitative estimate of drug-likeness (QED) is 0.472. The van der Waals surface area contributed by atoms with Gasteiger partial charge in [-0.2, -0.15) is 0 Å². The maximum atomic E-state index is 12.4. The van der Waals surface area contributed by atoms with Crippen molar-refractivity contribution in [3.63, 3.8) is 0 Å². The fourth-order valence-corrected chi connectivity index (χ4v) is 3.33. The van der Waals surface area contributed by atoms with Crippen molar-refractivity contribution in [2.45, 2.75) is 18.5 Å². The summed E-state index contributed by atoms with van der Waals surface area (Å²) >= 11 is 0. The molecule has 3 rings (SSSR count). The standard InChI is InChI=1S/C20H23N5O4.ClH/c21-18-13-24(12-17(18)15-4-2-1-3-5-15)19(26)11-23-20(27)22-10-14-6-8-16(9-7-14)25(28)29;/h1-9,17-18H,10-13,21H2,(H2,22,23,27);1H/t17-,18+;/m0./s1. The minimum atomic E-state index is -0.486. The molecule has 1 aliphatic heterocycles. The molecule has 0 bridgehead atoms. The molecule has 2 aromatic rings. The lowest BCUT2D eigenvalue weighted by Gasteiger charge is -2.17. The summed E-state index contributed by atoms with van der Waals surface area (Å²) in [6, 6.07) is 15.1. The summed E-state index contributed by atoms with van der Waals surface area (Å²) in [4.78, 5) is 36.2. The number of nitrogens with one attached hydrogen (secondary N) is 2. The number of non-ortho nitro benzene ring substituents is 1. The molecule has 0 spiro atoms. The average Bonchev–Trinajstić information content (AvgIpc) is 3.13. The fourth-order valence-electron chi connectivity index (χ4n) is 3.33. The van der Waals surface area contributed by atoms with Gasteiger partial charge in [-0.3, -0.25) is 14.9 Å². The Labute approximate surface area is 180 Å². The fraction of sp³-hybridized carbons (Fsp3) is 0.300. The van der Waals surface area contributed by atoms with Crippen LogP contribution in [0.25, 0.3) is 0 Å². The Morgan fingerprint density at radius 2 is 1.73 bits per heavy atom. The van der Waals surface area contributed by atoms with Crippen molar-refractivity contribution >= 4 is 30.0 Å². The van der Waals surface area contributed by atoms with Crippen molar-refractivity contribution in [3.8, 4) is 0 Å². The third-order valence-corrected chi connectivity index (χ3v) is 4.95. The van der Waals surface area contributed by atoms with E-state index in [0.717, 1.165) is 5.56 Å². The van der Waals surface area contributed by atoms with E-state index in [4.69, 9.17) is 5.73 Å². The van der Waals surface area contributed by atoms with Gasteiger partial charge in [-0.05, 0) is 11.1 Å². The number of hydrogen-bond acceptors (Lipinski definition) is 5. The van der Waals surface area contributed by atoms with Crippen molar-refractivity contribution in [2.24, 2.45) is 5.73 Å². The van der Waals surface area contributed by atoms with Crippen LogP contribution in [0, 0.1) is 10.1 Å². The molecule has 30 heavy (non-hydrogen) atoms. The molecule has 160 valence electrons. The van der Waals surface area contributed by atoms with Gasteiger partial charge >= 0.3 is 6.03 Å². The van der Waals surface area contributed by atoms with Gasteiger partial charge in [0.05, 0.1) is 11.5 Å². The molecule has 0 radical (unpaired) electrons. The molecule has 0 aromatic heterocycles. The van der Waals surface area contributed by atoms with Crippen LogP contribution in [0.15, 0.2) is 54.6 Å². The van der Waals surface area contributed by atoms with Crippen molar-refractivity contribution in [3.05, 3.63) is 75.8 Å². The first-order valence-electron chi connectivity index (χ1n) is 9.27. The zero-order valence-corrected chi connectivity index (χ0v) is 17.0. The number of urea groups is 1. The molecule has 1 aliphatic rings. The van der Waals surface area contributed by atoms with Crippen LogP contribution in [0.3, 0.4) is 0 Å². The molecule has 1 saturated heterocycles. The second-order valence-corrected chi connectivity index (χ2v) is 6.94. The van der Waals surface area contributed by atoms with Gasteiger partial charge in [0.2, 0.25) is 5.91 Å². The van der Waals surface area contributed by atoms with Crippen LogP contribution in [0.1, 0.15) is 17.0 Å². The van der Waals surface area contributed by atoms with Crippen LogP contribution in [0.4, 0.5) is 10.5 Å². The van der Waals surface area contributed by atoms with Crippen LogP contribution in [0.2, 0.25) is 0 Å². The van der Waals surface area contributed by atoms with Crippen LogP contribution in [-0.4, -0.2) is 47.4 Å². The number of benzene rings is 2. The first-order chi connectivity index (χ1) is 13.9. The minimum Gasteiger partial charge on any atom is -0.339 e. The van der Waals surface area contributed by atoms with Crippen molar-refractivity contribution in [2.75, 3.05) is 19.6 Å². The number of likely N-dealkylation sites (tertiary alicyclic amines) is 1. The molecule has 0 aliphatic carbocycles. The first kappa shape index (κ1) is 23.1. The maximum Gasteiger partial charge on any atom is 0.315 e. The second-order valence-electron chi connectivity index (χ2n) is 6.94. The summed E-state index contributed by atoms with van der Waals surface area (Å²) < 4.78 is 0. The van der Waals surface area contributed by atoms with E-state index in [-0.39, 0.29) is 49.1 Å². The smallest absolute Gasteiger partial charge is 0.315 e. The number of nitrogens with two attached hydrogens (primary N) is 1. The second kappa shape index (κ2) is 10.6. The number of amides is 3. The summed E-state index contributed by atoms with van der Waals surface area (Å²) in [6.07, 6.45) is 0. The van der Waals surface area contributed by atoms with E-state index in [0.29, 0.717) is 18.7 Å². The number of nitro groups is 1. The highest BCUT2D eigenvalue weighted by molar-refractivity contribution is 5.85. The Morgan fingerprint density at radius 3 is 2.37 bits per heavy atom. The van der Waals surface area contributed by atoms with E-state index in [1.807, 2.05) is 30.3 Å². The van der Waals surface area contributed by atoms with Gasteiger partial charge in [0.25, 0.3) is 5.69 Å². The van der Waals surface area contributed by atoms with Gasteiger partial charge in [-0.15, -0.1) is 12.4 Å². The summed E-state index contributed by atoms with van der Waals surface area (Å²) in [5.41, 5.74) is 8.01. The lowest BCUT2D eigenvalue weighted by Crippen LogP contribution is -2.43. The summed E-state index contributed by atoms with van der Waals surface area (Å²) in [6.45, 7) is 1.05. The Balaban J connectivity index is 0.00000320. The number of nitro benzene ring substituents is 1. The molecule has 1 heterocycles. The van der Waals surface area contributed by atoms with E-state index >= 15 is 0 Å². The number of nitrogens with zero attached hydrogens (tertiary/aromatic N) is 2. The van der Waals surface area contributed by atoms with Gasteiger partial charge in [0, 0.05) is 43.7 Å². The monoisotopic (exact) mass is 433 g/mol. The Morgan fingerprint density at radius 1 is 1.07 bits per heavy atom. The molecule has 2 atom stereocenters. The van der Waals surface area contributed by atoms with Crippen molar-refractivity contribution in [1.82, 2.24) is 15.5 Å². The molecule has 9 nitrogen and oxygen atoms in total. The lowest BCUT2D eigenvalue weighted by atomic mass is 9.95. The maximum absolute atomic E-state index is 12.4. The molecular formula is C20H24ClN5O4. The molecule has 0 unspecified atom stereocenters. The van der Waals surface area contributed by atoms with E-state index in [1.54, 1.807) is 17.0 Å². The highest BCUT2D eigenvalue weighted by atomic mass is 35.5. The van der Waals surface area contributed by atoms with Crippen LogP contribution in [0.5, 0.6) is 0 Å². The largest absolute Gasteiger partial charge is 0.339 e. The molecule has 10 heteroatoms. The van der Waals surface area contributed by atoms with Crippen molar-refractivity contribution < 1.29 is 14.5 Å². The SMILES string of the molecule is Cl.N[C@@H]1CN(C(=O)CNC(=O)NCc2ccc([N+](=O)[O-])cc2)C[C@H]1c1ccccc1. The van der Waals surface area contributed by atoms with Crippen LogP contribution < -0.4 is 16.4 Å². The van der Waals surface area contributed by atoms with E-state index in [9.17, 15) is 19.7 Å². The van der Waals surface area contributed by atoms with E-state index < -0.39 is 11.0 Å². The predicted octanol–water partition coefficient (Wildman–Crippen LogP) is 1.77. The van der Waals surface area contributed by atoms with Gasteiger partial charge in [0.15, 0.2) is 0 Å². The number of carbonyl (C=O) groups is 2. The number of carbonyl (C=O) groups excluding carboxylic acids is 2. The van der Waals surface area contributed by atoms with Crippen molar-refractivity contribution in [1.29, 1.82) is 0 Å². The number of halogens is 1. The Kier molecular flexibility index (Phi) is 8.14. The molecule has 2 aromatic carbocycles. The third-order valence-electron chi connectivity index (χ3n) is 4.95. The van der Waals surface area contributed by atoms with Gasteiger partial charge in [0.1, 0.15) is 0 Å². The zero-order chi connectivity index (χ0) is 20.8. The molecule has 3 amide bonds. The van der Waals surface area contributed by atoms with Gasteiger partial charge < -0.3 is 21.3 Å². The minimum absolute atomic E-state index is 0. The van der Waals surface area contributed by atoms with Crippen LogP contribution in [-0.2, 0) is 11.3 Å². The highest BCUT2D eigenvalue weighted by Crippen LogP contribution is 2.26. The van der Waals surface area contributed by atoms with Gasteiger partial charge in [-0.25, -0.2) is 4.79 Å². The molecule has 1 fully saturated rings. The first-order valence-corrected chi connectivity index (χ1v) is 9.27. The van der Waals surface area contributed by atoms with Crippen LogP contribution >= 0.6 is 12.4 Å². The Hall–Kier alpha value is -3.17.